The number of thiocarbonyl (C=S) groups is 1. The van der Waals surface area contributed by atoms with E-state index in [1.54, 1.807) is 36.2 Å². The van der Waals surface area contributed by atoms with Gasteiger partial charge in [0.2, 0.25) is 0 Å². The van der Waals surface area contributed by atoms with Crippen molar-refractivity contribution in [1.29, 1.82) is 0 Å². The molecule has 3 aromatic rings. The van der Waals surface area contributed by atoms with Crippen LogP contribution in [0.5, 0.6) is 5.75 Å². The van der Waals surface area contributed by atoms with Crippen molar-refractivity contribution < 1.29 is 9.13 Å². The number of hydrogen-bond acceptors (Lipinski definition) is 3. The molecule has 0 radical (unpaired) electrons. The molecule has 0 amide bonds. The lowest BCUT2D eigenvalue weighted by molar-refractivity contribution is 0.417. The molecule has 3 rings (SSSR count). The standard InChI is InChI=1S/C19H18BrFN4OS/c1-12-7-8-17(26-2)16(9-12)22-19(27)23-18-14(20)11-25(24-18)10-13-5-3-4-6-15(13)21/h3-9,11H,10H2,1-2H3,(H2,22,23,24,27). The molecule has 0 fully saturated rings. The van der Waals surface area contributed by atoms with E-state index in [1.807, 2.05) is 25.1 Å². The predicted molar refractivity (Wildman–Crippen MR) is 113 cm³/mol. The third kappa shape index (κ3) is 4.84. The number of halogens is 2. The molecule has 0 aliphatic heterocycles. The normalized spacial score (nSPS) is 10.5. The zero-order valence-corrected chi connectivity index (χ0v) is 17.2. The van der Waals surface area contributed by atoms with E-state index in [9.17, 15) is 4.39 Å². The molecule has 8 heteroatoms. The van der Waals surface area contributed by atoms with Crippen LogP contribution in [0.4, 0.5) is 15.9 Å². The van der Waals surface area contributed by atoms with Gasteiger partial charge in [-0.3, -0.25) is 4.68 Å². The van der Waals surface area contributed by atoms with E-state index in [0.717, 1.165) is 15.7 Å². The molecule has 0 aliphatic carbocycles. The van der Waals surface area contributed by atoms with Crippen molar-refractivity contribution in [3.05, 3.63) is 70.1 Å². The summed E-state index contributed by atoms with van der Waals surface area (Å²) < 4.78 is 21.5. The molecular weight excluding hydrogens is 431 g/mol. The summed E-state index contributed by atoms with van der Waals surface area (Å²) in [7, 11) is 1.60. The van der Waals surface area contributed by atoms with E-state index in [2.05, 4.69) is 31.7 Å². The Bertz CT molecular complexity index is 976. The van der Waals surface area contributed by atoms with Gasteiger partial charge in [0, 0.05) is 11.8 Å². The van der Waals surface area contributed by atoms with Gasteiger partial charge in [-0.2, -0.15) is 5.10 Å². The first kappa shape index (κ1) is 19.3. The summed E-state index contributed by atoms with van der Waals surface area (Å²) in [5, 5.41) is 10.9. The van der Waals surface area contributed by atoms with Gasteiger partial charge < -0.3 is 15.4 Å². The minimum absolute atomic E-state index is 0.262. The zero-order valence-electron chi connectivity index (χ0n) is 14.8. The van der Waals surface area contributed by atoms with Crippen LogP contribution in [0.2, 0.25) is 0 Å². The number of benzene rings is 2. The first-order valence-corrected chi connectivity index (χ1v) is 9.35. The van der Waals surface area contributed by atoms with E-state index < -0.39 is 0 Å². The lowest BCUT2D eigenvalue weighted by atomic mass is 10.2. The molecule has 1 heterocycles. The summed E-state index contributed by atoms with van der Waals surface area (Å²) in [6.45, 7) is 2.31. The molecule has 0 bridgehead atoms. The van der Waals surface area contributed by atoms with Crippen molar-refractivity contribution in [2.75, 3.05) is 17.7 Å². The van der Waals surface area contributed by atoms with Crippen molar-refractivity contribution in [3.63, 3.8) is 0 Å². The molecule has 0 spiro atoms. The van der Waals surface area contributed by atoms with Gasteiger partial charge in [-0.15, -0.1) is 0 Å². The molecule has 5 nitrogen and oxygen atoms in total. The zero-order chi connectivity index (χ0) is 19.4. The monoisotopic (exact) mass is 448 g/mol. The molecule has 2 N–H and O–H groups in total. The highest BCUT2D eigenvalue weighted by Crippen LogP contribution is 2.26. The van der Waals surface area contributed by atoms with Gasteiger partial charge in [-0.25, -0.2) is 4.39 Å². The number of hydrogen-bond donors (Lipinski definition) is 2. The summed E-state index contributed by atoms with van der Waals surface area (Å²) in [6, 6.07) is 12.4. The van der Waals surface area contributed by atoms with Crippen molar-refractivity contribution in [1.82, 2.24) is 9.78 Å². The fourth-order valence-corrected chi connectivity index (χ4v) is 3.17. The Morgan fingerprint density at radius 2 is 2.04 bits per heavy atom. The Morgan fingerprint density at radius 3 is 2.78 bits per heavy atom. The third-order valence-corrected chi connectivity index (χ3v) is 4.63. The summed E-state index contributed by atoms with van der Waals surface area (Å²) in [4.78, 5) is 0. The highest BCUT2D eigenvalue weighted by Gasteiger charge is 2.11. The van der Waals surface area contributed by atoms with Crippen LogP contribution in [0.25, 0.3) is 0 Å². The number of aromatic nitrogens is 2. The van der Waals surface area contributed by atoms with Crippen LogP contribution in [0, 0.1) is 12.7 Å². The highest BCUT2D eigenvalue weighted by molar-refractivity contribution is 9.10. The minimum Gasteiger partial charge on any atom is -0.495 e. The second-order valence-corrected chi connectivity index (χ2v) is 7.16. The number of rotatable bonds is 5. The van der Waals surface area contributed by atoms with Gasteiger partial charge in [0.15, 0.2) is 10.9 Å². The Labute approximate surface area is 170 Å². The lowest BCUT2D eigenvalue weighted by Crippen LogP contribution is -2.20. The average molecular weight is 449 g/mol. The number of nitrogens with zero attached hydrogens (tertiary/aromatic N) is 2. The van der Waals surface area contributed by atoms with Crippen LogP contribution in [-0.4, -0.2) is 22.0 Å². The van der Waals surface area contributed by atoms with Crippen LogP contribution in [0.15, 0.2) is 53.1 Å². The number of nitrogens with one attached hydrogen (secondary N) is 2. The first-order valence-electron chi connectivity index (χ1n) is 8.15. The maximum Gasteiger partial charge on any atom is 0.176 e. The molecule has 27 heavy (non-hydrogen) atoms. The molecule has 0 aliphatic rings. The summed E-state index contributed by atoms with van der Waals surface area (Å²) in [6.07, 6.45) is 1.77. The smallest absolute Gasteiger partial charge is 0.176 e. The molecule has 0 atom stereocenters. The molecule has 2 aromatic carbocycles. The largest absolute Gasteiger partial charge is 0.495 e. The first-order chi connectivity index (χ1) is 13.0. The lowest BCUT2D eigenvalue weighted by Gasteiger charge is -2.13. The Morgan fingerprint density at radius 1 is 1.26 bits per heavy atom. The van der Waals surface area contributed by atoms with Gasteiger partial charge in [0.25, 0.3) is 0 Å². The topological polar surface area (TPSA) is 51.1 Å². The minimum atomic E-state index is -0.262. The van der Waals surface area contributed by atoms with Gasteiger partial charge >= 0.3 is 0 Å². The third-order valence-electron chi connectivity index (χ3n) is 3.84. The van der Waals surface area contributed by atoms with Gasteiger partial charge in [-0.1, -0.05) is 24.3 Å². The summed E-state index contributed by atoms with van der Waals surface area (Å²) in [5.41, 5.74) is 2.40. The molecule has 0 saturated carbocycles. The number of anilines is 2. The fraction of sp³-hybridized carbons (Fsp3) is 0.158. The molecular formula is C19H18BrFN4OS. The average Bonchev–Trinajstić information content (AvgIpc) is 2.96. The maximum atomic E-state index is 13.8. The molecule has 1 aromatic heterocycles. The quantitative estimate of drug-likeness (QED) is 0.540. The van der Waals surface area contributed by atoms with Crippen molar-refractivity contribution >= 4 is 44.8 Å². The van der Waals surface area contributed by atoms with E-state index in [-0.39, 0.29) is 5.82 Å². The maximum absolute atomic E-state index is 13.8. The van der Waals surface area contributed by atoms with Crippen molar-refractivity contribution in [3.8, 4) is 5.75 Å². The summed E-state index contributed by atoms with van der Waals surface area (Å²) >= 11 is 8.83. The van der Waals surface area contributed by atoms with E-state index in [1.165, 1.54) is 6.07 Å². The second kappa shape index (κ2) is 8.49. The van der Waals surface area contributed by atoms with Gasteiger partial charge in [-0.05, 0) is 58.8 Å². The van der Waals surface area contributed by atoms with Crippen LogP contribution in [0.1, 0.15) is 11.1 Å². The van der Waals surface area contributed by atoms with Crippen molar-refractivity contribution in [2.24, 2.45) is 0 Å². The Kier molecular flexibility index (Phi) is 6.08. The van der Waals surface area contributed by atoms with E-state index in [0.29, 0.717) is 28.8 Å². The van der Waals surface area contributed by atoms with Crippen LogP contribution >= 0.6 is 28.1 Å². The van der Waals surface area contributed by atoms with Crippen LogP contribution in [-0.2, 0) is 6.54 Å². The Balaban J connectivity index is 1.71. The predicted octanol–water partition coefficient (Wildman–Crippen LogP) is 4.96. The SMILES string of the molecule is COc1ccc(C)cc1NC(=S)Nc1nn(Cc2ccccc2F)cc1Br. The Hall–Kier alpha value is -2.45. The van der Waals surface area contributed by atoms with Crippen LogP contribution < -0.4 is 15.4 Å². The fourth-order valence-electron chi connectivity index (χ4n) is 2.54. The van der Waals surface area contributed by atoms with E-state index in [4.69, 9.17) is 17.0 Å². The number of methoxy groups -OCH3 is 1. The van der Waals surface area contributed by atoms with Gasteiger partial charge in [0.05, 0.1) is 23.8 Å². The highest BCUT2D eigenvalue weighted by atomic mass is 79.9. The summed E-state index contributed by atoms with van der Waals surface area (Å²) in [5.74, 6) is 0.965. The van der Waals surface area contributed by atoms with Crippen LogP contribution in [0.3, 0.4) is 0 Å². The van der Waals surface area contributed by atoms with Gasteiger partial charge in [0.1, 0.15) is 11.6 Å². The van der Waals surface area contributed by atoms with E-state index >= 15 is 0 Å². The number of aryl methyl sites for hydroxylation is 1. The second-order valence-electron chi connectivity index (χ2n) is 5.90. The molecule has 0 saturated heterocycles. The molecule has 140 valence electrons. The van der Waals surface area contributed by atoms with Crippen molar-refractivity contribution in [2.45, 2.75) is 13.5 Å². The molecule has 0 unspecified atom stereocenters. The number of ether oxygens (including phenoxy) is 1.